The number of hydrogen-bond donors (Lipinski definition) is 2. The van der Waals surface area contributed by atoms with Gasteiger partial charge >= 0.3 is 6.03 Å². The molecule has 12 nitrogen and oxygen atoms in total. The maximum Gasteiger partial charge on any atom is 0.338 e. The van der Waals surface area contributed by atoms with Crippen LogP contribution in [0.5, 0.6) is 5.75 Å². The number of amides is 3. The van der Waals surface area contributed by atoms with E-state index in [2.05, 4.69) is 25.9 Å². The first-order valence-electron chi connectivity index (χ1n) is 11.5. The molecule has 2 N–H and O–H groups in total. The number of carbonyl (C=O) groups is 2. The third-order valence-electron chi connectivity index (χ3n) is 6.15. The molecule has 13 heteroatoms. The van der Waals surface area contributed by atoms with Gasteiger partial charge in [0.15, 0.2) is 0 Å². The third kappa shape index (κ3) is 4.66. The van der Waals surface area contributed by atoms with Crippen LogP contribution in [-0.2, 0) is 23.1 Å². The Bertz CT molecular complexity index is 1590. The summed E-state index contributed by atoms with van der Waals surface area (Å²) in [4.78, 5) is 27.0. The molecule has 3 amide bonds. The number of tetrazole rings is 1. The maximum atomic E-state index is 13.5. The van der Waals surface area contributed by atoms with Crippen LogP contribution in [0.3, 0.4) is 0 Å². The van der Waals surface area contributed by atoms with E-state index in [1.807, 2.05) is 12.1 Å². The highest BCUT2D eigenvalue weighted by Gasteiger charge is 2.40. The van der Waals surface area contributed by atoms with E-state index in [1.165, 1.54) is 30.1 Å². The van der Waals surface area contributed by atoms with Gasteiger partial charge in [0.2, 0.25) is 5.82 Å². The first kappa shape index (κ1) is 24.9. The number of methoxy groups -OCH3 is 1. The Balaban J connectivity index is 1.37. The van der Waals surface area contributed by atoms with Crippen LogP contribution in [0.4, 0.5) is 10.5 Å². The molecule has 38 heavy (non-hydrogen) atoms. The zero-order valence-corrected chi connectivity index (χ0v) is 21.3. The Kier molecular flexibility index (Phi) is 6.51. The number of nitrogens with zero attached hydrogens (tertiary/aromatic N) is 5. The average molecular weight is 534 g/mol. The number of aromatic nitrogens is 4. The summed E-state index contributed by atoms with van der Waals surface area (Å²) < 4.78 is 33.0. The highest BCUT2D eigenvalue weighted by atomic mass is 32.2. The van der Waals surface area contributed by atoms with Gasteiger partial charge < -0.3 is 10.1 Å². The van der Waals surface area contributed by atoms with Crippen LogP contribution < -0.4 is 15.0 Å². The SMILES string of the molecule is COc1ccc(CNC(=O)c2ccc3c(c2)S(=O)(=O)N(Cc2ccc(-c4nn[nH]n4)cc2)C(=O)N3C)cc1. The summed E-state index contributed by atoms with van der Waals surface area (Å²) in [5.41, 5.74) is 2.48. The van der Waals surface area contributed by atoms with Crippen LogP contribution in [0.2, 0.25) is 0 Å². The summed E-state index contributed by atoms with van der Waals surface area (Å²) in [6.45, 7) is 0.0579. The summed E-state index contributed by atoms with van der Waals surface area (Å²) in [6.07, 6.45) is 0. The minimum atomic E-state index is -4.24. The number of anilines is 1. The van der Waals surface area contributed by atoms with E-state index < -0.39 is 22.0 Å². The van der Waals surface area contributed by atoms with E-state index in [9.17, 15) is 18.0 Å². The Morgan fingerprint density at radius 3 is 2.39 bits per heavy atom. The van der Waals surface area contributed by atoms with Crippen LogP contribution in [0, 0.1) is 0 Å². The number of carbonyl (C=O) groups excluding carboxylic acids is 2. The molecule has 4 aromatic rings. The molecule has 2 heterocycles. The molecule has 1 aromatic heterocycles. The van der Waals surface area contributed by atoms with Gasteiger partial charge in [-0.2, -0.15) is 5.21 Å². The van der Waals surface area contributed by atoms with E-state index in [1.54, 1.807) is 43.5 Å². The smallest absolute Gasteiger partial charge is 0.338 e. The number of fused-ring (bicyclic) bond motifs is 1. The number of benzene rings is 3. The quantitative estimate of drug-likeness (QED) is 0.368. The zero-order chi connectivity index (χ0) is 26.9. The van der Waals surface area contributed by atoms with Crippen LogP contribution in [0.25, 0.3) is 11.4 Å². The molecule has 0 spiro atoms. The van der Waals surface area contributed by atoms with Gasteiger partial charge in [0.25, 0.3) is 15.9 Å². The lowest BCUT2D eigenvalue weighted by atomic mass is 10.1. The first-order chi connectivity index (χ1) is 18.3. The zero-order valence-electron chi connectivity index (χ0n) is 20.5. The number of hydrogen-bond acceptors (Lipinski definition) is 8. The highest BCUT2D eigenvalue weighted by Crippen LogP contribution is 2.35. The molecule has 0 atom stereocenters. The largest absolute Gasteiger partial charge is 0.497 e. The topological polar surface area (TPSA) is 150 Å². The minimum Gasteiger partial charge on any atom is -0.497 e. The lowest BCUT2D eigenvalue weighted by Crippen LogP contribution is -2.48. The van der Waals surface area contributed by atoms with Gasteiger partial charge in [-0.05, 0) is 46.7 Å². The fraction of sp³-hybridized carbons (Fsp3) is 0.160. The molecule has 0 saturated carbocycles. The number of rotatable bonds is 7. The van der Waals surface area contributed by atoms with Gasteiger partial charge in [-0.1, -0.05) is 36.4 Å². The number of nitrogens with one attached hydrogen (secondary N) is 2. The maximum absolute atomic E-state index is 13.5. The summed E-state index contributed by atoms with van der Waals surface area (Å²) in [5, 5.41) is 16.5. The van der Waals surface area contributed by atoms with Crippen molar-refractivity contribution in [3.63, 3.8) is 0 Å². The first-order valence-corrected chi connectivity index (χ1v) is 12.9. The van der Waals surface area contributed by atoms with E-state index in [4.69, 9.17) is 4.74 Å². The molecule has 0 aliphatic carbocycles. The number of ether oxygens (including phenoxy) is 1. The Morgan fingerprint density at radius 2 is 1.74 bits per heavy atom. The van der Waals surface area contributed by atoms with Crippen LogP contribution in [0.15, 0.2) is 71.6 Å². The van der Waals surface area contributed by atoms with Crippen molar-refractivity contribution in [2.45, 2.75) is 18.0 Å². The van der Waals surface area contributed by atoms with E-state index >= 15 is 0 Å². The third-order valence-corrected chi connectivity index (χ3v) is 7.90. The van der Waals surface area contributed by atoms with Crippen LogP contribution >= 0.6 is 0 Å². The predicted octanol–water partition coefficient (Wildman–Crippen LogP) is 2.57. The van der Waals surface area contributed by atoms with Crippen molar-refractivity contribution in [2.24, 2.45) is 0 Å². The molecule has 0 unspecified atom stereocenters. The van der Waals surface area contributed by atoms with Gasteiger partial charge in [-0.25, -0.2) is 17.5 Å². The monoisotopic (exact) mass is 533 g/mol. The number of H-pyrrole nitrogens is 1. The van der Waals surface area contributed by atoms with Crippen molar-refractivity contribution >= 4 is 27.6 Å². The number of aromatic amines is 1. The average Bonchev–Trinajstić information content (AvgIpc) is 3.48. The molecule has 0 radical (unpaired) electrons. The molecule has 3 aromatic carbocycles. The lowest BCUT2D eigenvalue weighted by Gasteiger charge is -2.34. The van der Waals surface area contributed by atoms with Gasteiger partial charge in [-0.15, -0.1) is 10.2 Å². The predicted molar refractivity (Wildman–Crippen MR) is 137 cm³/mol. The fourth-order valence-electron chi connectivity index (χ4n) is 4.02. The molecule has 0 saturated heterocycles. The fourth-order valence-corrected chi connectivity index (χ4v) is 5.65. The van der Waals surface area contributed by atoms with Crippen molar-refractivity contribution in [2.75, 3.05) is 19.1 Å². The van der Waals surface area contributed by atoms with Crippen molar-refractivity contribution < 1.29 is 22.7 Å². The van der Waals surface area contributed by atoms with Crippen LogP contribution in [-0.4, -0.2) is 59.4 Å². The Morgan fingerprint density at radius 1 is 1.03 bits per heavy atom. The molecule has 0 fully saturated rings. The molecule has 194 valence electrons. The standard InChI is InChI=1S/C25H23N7O5S/c1-31-21-12-9-19(24(33)26-14-16-5-10-20(37-2)11-6-16)13-22(21)38(35,36)32(25(31)34)15-17-3-7-18(8-4-17)23-27-29-30-28-23/h3-13H,14-15H2,1-2H3,(H,26,33)(H,27,28,29,30). The second-order valence-corrected chi connectivity index (χ2v) is 10.3. The highest BCUT2D eigenvalue weighted by molar-refractivity contribution is 7.90. The Hall–Kier alpha value is -4.78. The normalized spacial score (nSPS) is 14.2. The molecule has 1 aliphatic heterocycles. The van der Waals surface area contributed by atoms with Crippen molar-refractivity contribution in [1.29, 1.82) is 0 Å². The molecule has 5 rings (SSSR count). The molecular formula is C25H23N7O5S. The number of sulfonamides is 1. The van der Waals surface area contributed by atoms with Crippen LogP contribution in [0.1, 0.15) is 21.5 Å². The van der Waals surface area contributed by atoms with E-state index in [0.717, 1.165) is 9.87 Å². The van der Waals surface area contributed by atoms with Crippen molar-refractivity contribution in [1.82, 2.24) is 30.2 Å². The number of urea groups is 1. The minimum absolute atomic E-state index is 0.125. The van der Waals surface area contributed by atoms with Gasteiger partial charge in [-0.3, -0.25) is 9.69 Å². The van der Waals surface area contributed by atoms with Gasteiger partial charge in [0, 0.05) is 24.7 Å². The van der Waals surface area contributed by atoms with Gasteiger partial charge in [0.05, 0.1) is 19.3 Å². The molecule has 1 aliphatic rings. The second kappa shape index (κ2) is 9.94. The summed E-state index contributed by atoms with van der Waals surface area (Å²) in [7, 11) is -1.18. The lowest BCUT2D eigenvalue weighted by molar-refractivity contribution is 0.0950. The molecular weight excluding hydrogens is 510 g/mol. The van der Waals surface area contributed by atoms with E-state index in [-0.39, 0.29) is 29.2 Å². The van der Waals surface area contributed by atoms with E-state index in [0.29, 0.717) is 22.7 Å². The van der Waals surface area contributed by atoms with Crippen molar-refractivity contribution in [3.05, 3.63) is 83.4 Å². The summed E-state index contributed by atoms with van der Waals surface area (Å²) in [5.74, 6) is 0.651. The summed E-state index contributed by atoms with van der Waals surface area (Å²) in [6, 6.07) is 17.6. The summed E-state index contributed by atoms with van der Waals surface area (Å²) >= 11 is 0. The second-order valence-electron chi connectivity index (χ2n) is 8.50. The Labute approximate surface area is 218 Å². The van der Waals surface area contributed by atoms with Crippen molar-refractivity contribution in [3.8, 4) is 17.1 Å². The van der Waals surface area contributed by atoms with Gasteiger partial charge in [0.1, 0.15) is 10.6 Å². The molecule has 0 bridgehead atoms.